The molecule has 1 aromatic heterocycles. The summed E-state index contributed by atoms with van der Waals surface area (Å²) >= 11 is 12.1. The van der Waals surface area contributed by atoms with Crippen molar-refractivity contribution in [1.29, 1.82) is 0 Å². The lowest BCUT2D eigenvalue weighted by Crippen LogP contribution is -2.09. The fraction of sp³-hybridized carbons (Fsp3) is 0.0714. The van der Waals surface area contributed by atoms with Gasteiger partial charge in [0.25, 0.3) is 0 Å². The van der Waals surface area contributed by atoms with Crippen LogP contribution in [0.4, 0.5) is 0 Å². The van der Waals surface area contributed by atoms with Crippen molar-refractivity contribution in [1.82, 2.24) is 0 Å². The lowest BCUT2D eigenvalue weighted by atomic mass is 10.0. The van der Waals surface area contributed by atoms with Gasteiger partial charge in [0.1, 0.15) is 22.7 Å². The highest BCUT2D eigenvalue weighted by molar-refractivity contribution is 6.35. The predicted molar refractivity (Wildman–Crippen MR) is 137 cm³/mol. The van der Waals surface area contributed by atoms with Crippen molar-refractivity contribution in [2.24, 2.45) is 0 Å². The van der Waals surface area contributed by atoms with Gasteiger partial charge in [0, 0.05) is 31.8 Å². The van der Waals surface area contributed by atoms with E-state index in [0.717, 1.165) is 5.56 Å². The van der Waals surface area contributed by atoms with Gasteiger partial charge in [-0.3, -0.25) is 0 Å². The van der Waals surface area contributed by atoms with Crippen LogP contribution in [0.1, 0.15) is 27.6 Å². The molecule has 5 rings (SSSR count). The van der Waals surface area contributed by atoms with Gasteiger partial charge in [0.15, 0.2) is 0 Å². The second-order valence-electron chi connectivity index (χ2n) is 7.74. The van der Waals surface area contributed by atoms with Gasteiger partial charge in [0.2, 0.25) is 0 Å². The van der Waals surface area contributed by atoms with Crippen molar-refractivity contribution < 1.29 is 23.5 Å². The number of hydrogen-bond acceptors (Lipinski definition) is 5. The minimum Gasteiger partial charge on any atom is -0.462 e. The number of benzene rings is 4. The first-order chi connectivity index (χ1) is 17.0. The zero-order valence-corrected chi connectivity index (χ0v) is 20.0. The van der Waals surface area contributed by atoms with Crippen molar-refractivity contribution in [3.63, 3.8) is 0 Å². The van der Waals surface area contributed by atoms with Crippen LogP contribution in [0.25, 0.3) is 33.1 Å². The fourth-order valence-corrected chi connectivity index (χ4v) is 4.53. The third-order valence-electron chi connectivity index (χ3n) is 5.47. The molecule has 0 aliphatic carbocycles. The number of hydrogen-bond donors (Lipinski definition) is 0. The zero-order valence-electron chi connectivity index (χ0n) is 18.5. The number of esters is 2. The average Bonchev–Trinajstić information content (AvgIpc) is 3.24. The molecule has 0 N–H and O–H groups in total. The highest BCUT2D eigenvalue weighted by atomic mass is 35.5. The Bertz CT molecular complexity index is 1570. The monoisotopic (exact) mass is 504 g/mol. The maximum atomic E-state index is 13.1. The molecule has 0 fully saturated rings. The van der Waals surface area contributed by atoms with Crippen molar-refractivity contribution in [3.05, 3.63) is 100 Å². The topological polar surface area (TPSA) is 65.7 Å². The summed E-state index contributed by atoms with van der Waals surface area (Å²) < 4.78 is 17.4. The maximum absolute atomic E-state index is 13.1. The largest absolute Gasteiger partial charge is 0.462 e. The van der Waals surface area contributed by atoms with Crippen molar-refractivity contribution in [2.75, 3.05) is 6.61 Å². The Hall–Kier alpha value is -3.80. The summed E-state index contributed by atoms with van der Waals surface area (Å²) in [6, 6.07) is 22.8. The number of rotatable bonds is 5. The Labute approximate surface area is 210 Å². The van der Waals surface area contributed by atoms with E-state index in [2.05, 4.69) is 0 Å². The third-order valence-corrected chi connectivity index (χ3v) is 5.91. The zero-order chi connectivity index (χ0) is 24.5. The third kappa shape index (κ3) is 4.36. The summed E-state index contributed by atoms with van der Waals surface area (Å²) in [5.41, 5.74) is 1.69. The first kappa shape index (κ1) is 23.0. The van der Waals surface area contributed by atoms with E-state index in [4.69, 9.17) is 37.1 Å². The summed E-state index contributed by atoms with van der Waals surface area (Å²) in [7, 11) is 0. The molecule has 0 spiro atoms. The second kappa shape index (κ2) is 9.45. The first-order valence-corrected chi connectivity index (χ1v) is 11.6. The highest BCUT2D eigenvalue weighted by Crippen LogP contribution is 2.41. The summed E-state index contributed by atoms with van der Waals surface area (Å²) in [6.07, 6.45) is 0. The molecular formula is C28H18Cl2O5. The molecule has 0 unspecified atom stereocenters. The normalized spacial score (nSPS) is 11.1. The molecule has 0 aliphatic rings. The maximum Gasteiger partial charge on any atom is 0.343 e. The Morgan fingerprint density at radius 1 is 0.800 bits per heavy atom. The van der Waals surface area contributed by atoms with Gasteiger partial charge >= 0.3 is 11.9 Å². The molecule has 0 aliphatic heterocycles. The quantitative estimate of drug-likeness (QED) is 0.179. The van der Waals surface area contributed by atoms with Crippen molar-refractivity contribution in [3.8, 4) is 17.1 Å². The van der Waals surface area contributed by atoms with E-state index in [9.17, 15) is 9.59 Å². The van der Waals surface area contributed by atoms with Gasteiger partial charge in [-0.1, -0.05) is 77.8 Å². The first-order valence-electron chi connectivity index (χ1n) is 10.9. The number of halogens is 2. The lowest BCUT2D eigenvalue weighted by molar-refractivity contribution is 0.0528. The van der Waals surface area contributed by atoms with Crippen LogP contribution in [-0.4, -0.2) is 18.5 Å². The molecule has 1 heterocycles. The average molecular weight is 505 g/mol. The summed E-state index contributed by atoms with van der Waals surface area (Å²) in [5, 5.41) is 2.44. The summed E-state index contributed by atoms with van der Waals surface area (Å²) in [5.74, 6) is -0.517. The molecule has 0 saturated carbocycles. The fourth-order valence-electron chi connectivity index (χ4n) is 4.00. The van der Waals surface area contributed by atoms with Crippen LogP contribution in [0.2, 0.25) is 10.0 Å². The summed E-state index contributed by atoms with van der Waals surface area (Å²) in [6.45, 7) is 1.94. The predicted octanol–water partition coefficient (Wildman–Crippen LogP) is 7.96. The van der Waals surface area contributed by atoms with Gasteiger partial charge in [-0.15, -0.1) is 0 Å². The van der Waals surface area contributed by atoms with E-state index in [1.54, 1.807) is 13.0 Å². The van der Waals surface area contributed by atoms with Crippen LogP contribution < -0.4 is 4.74 Å². The Morgan fingerprint density at radius 3 is 2.14 bits per heavy atom. The van der Waals surface area contributed by atoms with E-state index >= 15 is 0 Å². The molecule has 0 radical (unpaired) electrons. The number of ether oxygens (including phenoxy) is 2. The Kier molecular flexibility index (Phi) is 6.20. The molecule has 0 saturated heterocycles. The smallest absolute Gasteiger partial charge is 0.343 e. The van der Waals surface area contributed by atoms with E-state index in [1.807, 2.05) is 54.6 Å². The van der Waals surface area contributed by atoms with Crippen LogP contribution >= 0.6 is 23.2 Å². The Morgan fingerprint density at radius 2 is 1.46 bits per heavy atom. The van der Waals surface area contributed by atoms with E-state index in [0.29, 0.717) is 37.5 Å². The molecule has 4 aromatic carbocycles. The minimum atomic E-state index is -0.636. The van der Waals surface area contributed by atoms with Crippen molar-refractivity contribution in [2.45, 2.75) is 6.92 Å². The van der Waals surface area contributed by atoms with Crippen LogP contribution in [-0.2, 0) is 4.74 Å². The van der Waals surface area contributed by atoms with Crippen LogP contribution in [0, 0.1) is 0 Å². The van der Waals surface area contributed by atoms with Gasteiger partial charge in [0.05, 0.1) is 12.2 Å². The highest BCUT2D eigenvalue weighted by Gasteiger charge is 2.26. The standard InChI is InChI=1S/C28H18Cl2O5/c1-2-33-28(32)24-22-15-23(34-27(31)17-12-18(29)14-19(30)13-17)20-10-6-7-11-21(20)26(22)35-25(24)16-8-4-3-5-9-16/h3-15H,2H2,1H3. The lowest BCUT2D eigenvalue weighted by Gasteiger charge is -2.10. The molecule has 35 heavy (non-hydrogen) atoms. The SMILES string of the molecule is CCOC(=O)c1c(-c2ccccc2)oc2c1cc(OC(=O)c1cc(Cl)cc(Cl)c1)c1ccccc12. The van der Waals surface area contributed by atoms with Crippen LogP contribution in [0.15, 0.2) is 83.3 Å². The van der Waals surface area contributed by atoms with Crippen LogP contribution in [0.3, 0.4) is 0 Å². The van der Waals surface area contributed by atoms with Gasteiger partial charge in [-0.2, -0.15) is 0 Å². The molecule has 5 aromatic rings. The molecule has 0 atom stereocenters. The summed E-state index contributed by atoms with van der Waals surface area (Å²) in [4.78, 5) is 26.1. The number of carbonyl (C=O) groups excluding carboxylic acids is 2. The van der Waals surface area contributed by atoms with E-state index < -0.39 is 11.9 Å². The number of carbonyl (C=O) groups is 2. The van der Waals surface area contributed by atoms with Gasteiger partial charge < -0.3 is 13.9 Å². The van der Waals surface area contributed by atoms with Gasteiger partial charge in [-0.25, -0.2) is 9.59 Å². The van der Waals surface area contributed by atoms with Gasteiger partial charge in [-0.05, 0) is 31.2 Å². The minimum absolute atomic E-state index is 0.199. The second-order valence-corrected chi connectivity index (χ2v) is 8.61. The number of furan rings is 1. The van der Waals surface area contributed by atoms with Crippen LogP contribution in [0.5, 0.6) is 5.75 Å². The molecule has 0 amide bonds. The molecule has 174 valence electrons. The van der Waals surface area contributed by atoms with E-state index in [1.165, 1.54) is 18.2 Å². The molecule has 0 bridgehead atoms. The Balaban J connectivity index is 1.74. The molecule has 7 heteroatoms. The van der Waals surface area contributed by atoms with Crippen molar-refractivity contribution >= 4 is 56.9 Å². The van der Waals surface area contributed by atoms with E-state index in [-0.39, 0.29) is 23.5 Å². The number of fused-ring (bicyclic) bond motifs is 3. The molecule has 5 nitrogen and oxygen atoms in total. The molecular weight excluding hydrogens is 487 g/mol.